The van der Waals surface area contributed by atoms with Crippen LogP contribution in [0.4, 0.5) is 5.69 Å². The molecule has 1 heterocycles. The van der Waals surface area contributed by atoms with E-state index in [1.165, 1.54) is 10.8 Å². The second-order valence-corrected chi connectivity index (χ2v) is 5.65. The van der Waals surface area contributed by atoms with Crippen LogP contribution in [0.15, 0.2) is 47.2 Å². The summed E-state index contributed by atoms with van der Waals surface area (Å²) in [5, 5.41) is 11.0. The number of anilines is 1. The highest BCUT2D eigenvalue weighted by Gasteiger charge is 2.04. The summed E-state index contributed by atoms with van der Waals surface area (Å²) < 4.78 is 5.16. The molecule has 0 unspecified atom stereocenters. The zero-order chi connectivity index (χ0) is 13.9. The average Bonchev–Trinajstić information content (AvgIpc) is 2.94. The van der Waals surface area contributed by atoms with Crippen LogP contribution in [0.5, 0.6) is 5.75 Å². The van der Waals surface area contributed by atoms with Crippen molar-refractivity contribution < 1.29 is 4.74 Å². The van der Waals surface area contributed by atoms with Crippen molar-refractivity contribution >= 4 is 39.4 Å². The van der Waals surface area contributed by atoms with Crippen molar-refractivity contribution in [3.05, 3.63) is 57.7 Å². The topological polar surface area (TPSA) is 21.3 Å². The second-order valence-electron chi connectivity index (χ2n) is 4.50. The van der Waals surface area contributed by atoms with E-state index in [-0.39, 0.29) is 0 Å². The minimum absolute atomic E-state index is 0.639. The molecule has 20 heavy (non-hydrogen) atoms. The first-order valence-corrected chi connectivity index (χ1v) is 7.61. The Labute approximate surface area is 127 Å². The Balaban J connectivity index is 1.79. The van der Waals surface area contributed by atoms with Crippen LogP contribution >= 0.6 is 22.9 Å². The number of hydrogen-bond acceptors (Lipinski definition) is 3. The van der Waals surface area contributed by atoms with Gasteiger partial charge in [-0.1, -0.05) is 29.8 Å². The van der Waals surface area contributed by atoms with Gasteiger partial charge in [-0.15, -0.1) is 0 Å². The molecule has 0 spiro atoms. The Morgan fingerprint density at radius 1 is 1.20 bits per heavy atom. The van der Waals surface area contributed by atoms with E-state index in [2.05, 4.69) is 34.3 Å². The lowest BCUT2D eigenvalue weighted by molar-refractivity contribution is 0.415. The monoisotopic (exact) mass is 303 g/mol. The Morgan fingerprint density at radius 3 is 2.90 bits per heavy atom. The maximum atomic E-state index is 6.14. The van der Waals surface area contributed by atoms with Gasteiger partial charge >= 0.3 is 0 Å². The summed E-state index contributed by atoms with van der Waals surface area (Å²) in [6.07, 6.45) is 0. The van der Waals surface area contributed by atoms with Crippen molar-refractivity contribution in [2.24, 2.45) is 0 Å². The van der Waals surface area contributed by atoms with Gasteiger partial charge in [-0.05, 0) is 34.5 Å². The van der Waals surface area contributed by atoms with Crippen LogP contribution in [0.3, 0.4) is 0 Å². The number of methoxy groups -OCH3 is 1. The van der Waals surface area contributed by atoms with Crippen LogP contribution in [-0.2, 0) is 6.54 Å². The van der Waals surface area contributed by atoms with Gasteiger partial charge in [0, 0.05) is 23.0 Å². The van der Waals surface area contributed by atoms with Gasteiger partial charge in [0.1, 0.15) is 5.75 Å². The lowest BCUT2D eigenvalue weighted by atomic mass is 10.1. The van der Waals surface area contributed by atoms with Gasteiger partial charge in [0.15, 0.2) is 0 Å². The first-order chi connectivity index (χ1) is 9.78. The van der Waals surface area contributed by atoms with E-state index in [4.69, 9.17) is 16.3 Å². The first kappa shape index (κ1) is 13.3. The number of thiophene rings is 1. The fraction of sp³-hybridized carbons (Fsp3) is 0.125. The molecule has 102 valence electrons. The number of nitrogens with one attached hydrogen (secondary N) is 1. The van der Waals surface area contributed by atoms with E-state index in [0.29, 0.717) is 10.8 Å². The summed E-state index contributed by atoms with van der Waals surface area (Å²) >= 11 is 7.86. The number of benzene rings is 2. The van der Waals surface area contributed by atoms with Gasteiger partial charge in [0.2, 0.25) is 0 Å². The molecule has 0 saturated carbocycles. The third-order valence-electron chi connectivity index (χ3n) is 3.22. The molecule has 2 nitrogen and oxygen atoms in total. The van der Waals surface area contributed by atoms with E-state index in [0.717, 1.165) is 17.8 Å². The quantitative estimate of drug-likeness (QED) is 0.717. The highest BCUT2D eigenvalue weighted by molar-refractivity contribution is 7.09. The predicted molar refractivity (Wildman–Crippen MR) is 87.2 cm³/mol. The molecule has 3 rings (SSSR count). The molecule has 0 aliphatic heterocycles. The van der Waals surface area contributed by atoms with Gasteiger partial charge in [0.05, 0.1) is 12.1 Å². The zero-order valence-electron chi connectivity index (χ0n) is 11.0. The molecule has 0 fully saturated rings. The molecule has 0 aliphatic rings. The summed E-state index contributed by atoms with van der Waals surface area (Å²) in [4.78, 5) is 0. The summed E-state index contributed by atoms with van der Waals surface area (Å²) in [6, 6.07) is 12.1. The van der Waals surface area contributed by atoms with Crippen molar-refractivity contribution in [1.29, 1.82) is 0 Å². The molecule has 0 radical (unpaired) electrons. The van der Waals surface area contributed by atoms with Crippen LogP contribution < -0.4 is 10.1 Å². The van der Waals surface area contributed by atoms with Crippen molar-refractivity contribution in [2.45, 2.75) is 6.54 Å². The zero-order valence-corrected chi connectivity index (χ0v) is 12.6. The number of ether oxygens (including phenoxy) is 1. The van der Waals surface area contributed by atoms with Gasteiger partial charge < -0.3 is 10.1 Å². The van der Waals surface area contributed by atoms with Crippen LogP contribution in [0.2, 0.25) is 5.02 Å². The predicted octanol–water partition coefficient (Wildman–Crippen LogP) is 5.18. The van der Waals surface area contributed by atoms with Crippen LogP contribution in [0, 0.1) is 0 Å². The smallest absolute Gasteiger partial charge is 0.137 e. The summed E-state index contributed by atoms with van der Waals surface area (Å²) in [7, 11) is 1.62. The van der Waals surface area contributed by atoms with Crippen LogP contribution in [0.25, 0.3) is 10.8 Å². The Morgan fingerprint density at radius 2 is 2.10 bits per heavy atom. The van der Waals surface area contributed by atoms with Gasteiger partial charge in [0.25, 0.3) is 0 Å². The Kier molecular flexibility index (Phi) is 3.81. The van der Waals surface area contributed by atoms with Crippen molar-refractivity contribution in [2.75, 3.05) is 12.4 Å². The van der Waals surface area contributed by atoms with Crippen molar-refractivity contribution in [1.82, 2.24) is 0 Å². The third-order valence-corrected chi connectivity index (χ3v) is 4.28. The van der Waals surface area contributed by atoms with Crippen molar-refractivity contribution in [3.8, 4) is 5.75 Å². The van der Waals surface area contributed by atoms with E-state index in [1.54, 1.807) is 18.4 Å². The molecule has 0 aliphatic carbocycles. The average molecular weight is 304 g/mol. The van der Waals surface area contributed by atoms with E-state index < -0.39 is 0 Å². The first-order valence-electron chi connectivity index (χ1n) is 6.29. The molecule has 0 amide bonds. The van der Waals surface area contributed by atoms with Crippen LogP contribution in [0.1, 0.15) is 5.56 Å². The maximum Gasteiger partial charge on any atom is 0.137 e. The number of fused-ring (bicyclic) bond motifs is 1. The molecule has 0 saturated heterocycles. The molecule has 1 N–H and O–H groups in total. The standard InChI is InChI=1S/C16H14ClNOS/c1-19-16-6-5-11(7-14(16)17)8-18-15-4-2-3-12-9-20-10-13(12)15/h2-7,9-10,18H,8H2,1H3. The largest absolute Gasteiger partial charge is 0.495 e. The summed E-state index contributed by atoms with van der Waals surface area (Å²) in [5.41, 5.74) is 2.28. The van der Waals surface area contributed by atoms with Gasteiger partial charge in [-0.3, -0.25) is 0 Å². The molecule has 2 aromatic carbocycles. The molecule has 1 aromatic heterocycles. The van der Waals surface area contributed by atoms with E-state index >= 15 is 0 Å². The summed E-state index contributed by atoms with van der Waals surface area (Å²) in [6.45, 7) is 0.735. The Bertz CT molecular complexity index is 738. The third kappa shape index (κ3) is 2.60. The number of rotatable bonds is 4. The van der Waals surface area contributed by atoms with E-state index in [9.17, 15) is 0 Å². The molecular weight excluding hydrogens is 290 g/mol. The minimum Gasteiger partial charge on any atom is -0.495 e. The number of hydrogen-bond donors (Lipinski definition) is 1. The summed E-state index contributed by atoms with van der Waals surface area (Å²) in [5.74, 6) is 0.704. The SMILES string of the molecule is COc1ccc(CNc2cccc3cscc23)cc1Cl. The molecule has 3 aromatic rings. The molecule has 0 bridgehead atoms. The molecule has 0 atom stereocenters. The highest BCUT2D eigenvalue weighted by Crippen LogP contribution is 2.28. The normalized spacial score (nSPS) is 10.7. The fourth-order valence-electron chi connectivity index (χ4n) is 2.16. The number of halogens is 1. The minimum atomic E-state index is 0.639. The van der Waals surface area contributed by atoms with Gasteiger partial charge in [-0.2, -0.15) is 11.3 Å². The lowest BCUT2D eigenvalue weighted by Gasteiger charge is -2.09. The van der Waals surface area contributed by atoms with Gasteiger partial charge in [-0.25, -0.2) is 0 Å². The molecule has 4 heteroatoms. The molecular formula is C16H14ClNOS. The fourth-order valence-corrected chi connectivity index (χ4v) is 3.26. The maximum absolute atomic E-state index is 6.14. The highest BCUT2D eigenvalue weighted by atomic mass is 35.5. The lowest BCUT2D eigenvalue weighted by Crippen LogP contribution is -1.99. The Hall–Kier alpha value is -1.71. The van der Waals surface area contributed by atoms with E-state index in [1.807, 2.05) is 18.2 Å². The van der Waals surface area contributed by atoms with Crippen molar-refractivity contribution in [3.63, 3.8) is 0 Å². The van der Waals surface area contributed by atoms with Crippen LogP contribution in [-0.4, -0.2) is 7.11 Å². The second kappa shape index (κ2) is 5.73.